The number of phenols is 1. The first-order valence-electron chi connectivity index (χ1n) is 43.9. The van der Waals surface area contributed by atoms with Crippen molar-refractivity contribution < 1.29 is 112 Å². The number of likely N-dealkylation sites (N-methyl/N-ethyl adjacent to an activating group) is 3. The first-order valence-corrected chi connectivity index (χ1v) is 45.0. The Morgan fingerprint density at radius 1 is 0.542 bits per heavy atom. The number of nitrogens with one attached hydrogen (secondary N) is 12. The number of para-hydroxylation sites is 2. The summed E-state index contributed by atoms with van der Waals surface area (Å²) in [4.78, 5) is 271. The molecule has 15 atom stereocenters. The molecular weight excluding hydrogens is 1720 g/mol. The Morgan fingerprint density at radius 2 is 1.05 bits per heavy atom. The van der Waals surface area contributed by atoms with Crippen molar-refractivity contribution >= 4 is 140 Å². The summed E-state index contributed by atoms with van der Waals surface area (Å²) in [5.41, 5.74) is 14.3. The van der Waals surface area contributed by atoms with E-state index in [9.17, 15) is 78.3 Å². The van der Waals surface area contributed by atoms with E-state index in [1.54, 1.807) is 81.7 Å². The van der Waals surface area contributed by atoms with E-state index < -0.39 is 260 Å². The smallest absolute Gasteiger partial charge is 0.305 e. The maximum absolute atomic E-state index is 15.8. The van der Waals surface area contributed by atoms with Gasteiger partial charge in [0.05, 0.1) is 31.4 Å². The minimum Gasteiger partial charge on any atom is -0.508 e. The number of carboxylic acids is 2. The number of hydrogen-bond donors (Lipinski definition) is 19. The SMILES string of the molecule is CCCC[C@H]1C(=O)N(C)[C@@H](CCCC)C(=O)N[C@@H](CCC(=O)O)C(=O)N[C@H](C(=O)NCC(N)=O)CSCC(=O)N[C@@H](Cc2ccc(O)cc2)C(=O)N(C)[C@@H](C)C(=O)N[C@H](CC(=O)O)C(=O)N2CCC[C@H]2C(=O)N[C@@H](CO)C(=O)N[C@@H](CC(C)C)C(=O)N2C[C@H](O)C[C@H]2C(=O)N[C@@H](Cc2c[nH]c3ccccc23)C(=O)N[C@@H](CCN)C(=O)N[C@@H](Cc2c[nH]c3ccccc23)C(=O)N1C. The van der Waals surface area contributed by atoms with Gasteiger partial charge < -0.3 is 125 Å². The number of primary amides is 1. The molecule has 43 heteroatoms. The molecule has 16 amide bonds. The van der Waals surface area contributed by atoms with E-state index in [0.717, 1.165) is 31.5 Å². The lowest BCUT2D eigenvalue weighted by atomic mass is 9.99. The molecule has 0 radical (unpaired) electrons. The van der Waals surface area contributed by atoms with Gasteiger partial charge in [0.1, 0.15) is 90.3 Å². The molecule has 2 aromatic heterocycles. The second-order valence-electron chi connectivity index (χ2n) is 33.7. The molecule has 5 heterocycles. The van der Waals surface area contributed by atoms with Crippen LogP contribution in [0.1, 0.15) is 141 Å². The number of aromatic amines is 2. The van der Waals surface area contributed by atoms with Gasteiger partial charge in [0, 0.05) is 106 Å². The molecule has 0 bridgehead atoms. The number of nitrogens with zero attached hydrogens (tertiary/aromatic N) is 5. The average molecular weight is 1850 g/mol. The first-order chi connectivity index (χ1) is 62.3. The number of unbranched alkanes of at least 4 members (excludes halogenated alkanes) is 2. The molecule has 3 aliphatic heterocycles. The van der Waals surface area contributed by atoms with E-state index in [0.29, 0.717) is 69.5 Å². The number of carboxylic acid groups (broad SMARTS) is 2. The van der Waals surface area contributed by atoms with Crippen molar-refractivity contribution in [3.63, 3.8) is 0 Å². The number of carbonyl (C=O) groups excluding carboxylic acids is 16. The number of amides is 16. The van der Waals surface area contributed by atoms with Crippen LogP contribution in [0.2, 0.25) is 0 Å². The summed E-state index contributed by atoms with van der Waals surface area (Å²) < 4.78 is 0. The van der Waals surface area contributed by atoms with Gasteiger partial charge in [0.15, 0.2) is 0 Å². The Bertz CT molecular complexity index is 4930. The number of benzene rings is 3. The Kier molecular flexibility index (Phi) is 39.0. The maximum atomic E-state index is 15.8. The molecule has 42 nitrogen and oxygen atoms in total. The Hall–Kier alpha value is -12.8. The van der Waals surface area contributed by atoms with E-state index in [1.165, 1.54) is 45.3 Å². The van der Waals surface area contributed by atoms with Crippen LogP contribution in [-0.4, -0.2) is 323 Å². The zero-order valence-electron chi connectivity index (χ0n) is 74.7. The lowest BCUT2D eigenvalue weighted by Gasteiger charge is -2.36. The number of aliphatic hydroxyl groups excluding tert-OH is 2. The molecule has 3 fully saturated rings. The number of thioether (sulfide) groups is 1. The molecule has 131 heavy (non-hydrogen) atoms. The summed E-state index contributed by atoms with van der Waals surface area (Å²) >= 11 is 0.696. The van der Waals surface area contributed by atoms with Crippen LogP contribution in [0.3, 0.4) is 0 Å². The number of rotatable bonds is 25. The van der Waals surface area contributed by atoms with E-state index in [2.05, 4.69) is 63.1 Å². The van der Waals surface area contributed by atoms with Gasteiger partial charge >= 0.3 is 11.9 Å². The van der Waals surface area contributed by atoms with Gasteiger partial charge in [-0.3, -0.25) is 86.3 Å². The quantitative estimate of drug-likeness (QED) is 0.0291. The Labute approximate surface area is 760 Å². The summed E-state index contributed by atoms with van der Waals surface area (Å²) in [5.74, 6) is -20.6. The molecule has 3 saturated heterocycles. The van der Waals surface area contributed by atoms with E-state index in [4.69, 9.17) is 11.5 Å². The molecule has 3 aliphatic rings. The molecule has 0 unspecified atom stereocenters. The summed E-state index contributed by atoms with van der Waals surface area (Å²) in [6.45, 7) is 5.45. The molecule has 0 saturated carbocycles. The predicted octanol–water partition coefficient (Wildman–Crippen LogP) is -2.34. The molecule has 8 rings (SSSR count). The zero-order chi connectivity index (χ0) is 96.2. The van der Waals surface area contributed by atoms with Crippen molar-refractivity contribution in [2.24, 2.45) is 17.4 Å². The summed E-state index contributed by atoms with van der Waals surface area (Å²) in [6.07, 6.45) is -0.802. The van der Waals surface area contributed by atoms with Crippen LogP contribution in [0.15, 0.2) is 85.2 Å². The molecule has 0 aliphatic carbocycles. The third-order valence-corrected chi connectivity index (χ3v) is 24.5. The number of aliphatic hydroxyl groups is 2. The lowest BCUT2D eigenvalue weighted by Crippen LogP contribution is -2.61. The minimum absolute atomic E-state index is 0.0267. The highest BCUT2D eigenvalue weighted by Crippen LogP contribution is 2.28. The number of carbonyl (C=O) groups is 18. The number of H-pyrrole nitrogens is 2. The lowest BCUT2D eigenvalue weighted by molar-refractivity contribution is -0.149. The molecule has 714 valence electrons. The highest BCUT2D eigenvalue weighted by atomic mass is 32.2. The molecule has 3 aromatic carbocycles. The van der Waals surface area contributed by atoms with Crippen molar-refractivity contribution in [1.29, 1.82) is 0 Å². The third-order valence-electron chi connectivity index (χ3n) is 23.4. The van der Waals surface area contributed by atoms with Crippen LogP contribution in [0.5, 0.6) is 5.75 Å². The number of phenolic OH excluding ortho intramolecular Hbond substituents is 1. The van der Waals surface area contributed by atoms with Crippen molar-refractivity contribution in [3.8, 4) is 5.75 Å². The predicted molar refractivity (Wildman–Crippen MR) is 477 cm³/mol. The average Bonchev–Trinajstić information content (AvgIpc) is 1.50. The molecule has 5 aromatic rings. The fourth-order valence-corrected chi connectivity index (χ4v) is 17.0. The molecular formula is C88H123N19O23S. The Morgan fingerprint density at radius 3 is 1.65 bits per heavy atom. The van der Waals surface area contributed by atoms with E-state index in [1.807, 2.05) is 6.92 Å². The second kappa shape index (κ2) is 49.3. The Balaban J connectivity index is 1.19. The number of fused-ring (bicyclic) bond motifs is 4. The second-order valence-corrected chi connectivity index (χ2v) is 34.7. The number of nitrogens with two attached hydrogens (primary N) is 2. The highest BCUT2D eigenvalue weighted by Gasteiger charge is 2.47. The van der Waals surface area contributed by atoms with E-state index >= 15 is 33.6 Å². The number of aromatic hydroxyl groups is 1. The number of hydrogen-bond acceptors (Lipinski definition) is 23. The normalized spacial score (nSPS) is 25.2. The van der Waals surface area contributed by atoms with Gasteiger partial charge in [-0.25, -0.2) is 0 Å². The fraction of sp³-hybridized carbons (Fsp3) is 0.545. The third kappa shape index (κ3) is 28.9. The molecule has 21 N–H and O–H groups in total. The van der Waals surface area contributed by atoms with Crippen LogP contribution in [0.4, 0.5) is 0 Å². The van der Waals surface area contributed by atoms with Crippen LogP contribution in [0.25, 0.3) is 21.8 Å². The topological polar surface area (TPSA) is 629 Å². The monoisotopic (exact) mass is 1850 g/mol. The standard InChI is InChI=1S/C88H123N19O23S/c1-9-11-22-67-81(123)96-58(29-30-73(113)114)77(119)102-66(76(118)93-42-71(90)111)45-131-46-72(112)94-62(35-49-25-27-52(109)28-26-49)84(126)103(6)48(5)75(117)98-64(39-74(115)116)86(128)106-33-17-24-68(106)82(124)101-65(44-108)80(122)99-61(34-47(3)4)87(129)107-43-53(110)38-70(107)83(125)97-60(36-50-40-91-56-20-15-13-18-54(50)56)79(121)95-59(31-32-89)78(120)100-63(37-51-41-92-57-21-16-14-19-55(51)57)85(127)105(8)69(23-12-10-2)88(130)104(67)7/h13-16,18-21,25-28,40-41,47-48,53,58-70,91-92,108-110H,9-12,17,22-24,29-39,42-46,89H2,1-8H3,(H2,90,111)(H,93,118)(H,94,112)(H,95,121)(H,96,123)(H,97,125)(H,98,117)(H,99,122)(H,100,120)(H,101,124)(H,102,119)(H,113,114)(H,115,116)/t48-,53+,58-,59-,60-,61-,62-,63-,64+,65-,66-,67-,68-,69-,70-/m0/s1. The number of aliphatic carboxylic acids is 2. The minimum atomic E-state index is -1.93. The van der Waals surface area contributed by atoms with Crippen LogP contribution in [-0.2, 0) is 106 Å². The summed E-state index contributed by atoms with van der Waals surface area (Å²) in [7, 11) is 3.80. The van der Waals surface area contributed by atoms with Crippen molar-refractivity contribution in [2.75, 3.05) is 65.4 Å². The summed E-state index contributed by atoms with van der Waals surface area (Å²) in [5, 5.41) is 79.4. The van der Waals surface area contributed by atoms with Gasteiger partial charge in [-0.15, -0.1) is 11.8 Å². The highest BCUT2D eigenvalue weighted by molar-refractivity contribution is 8.00. The summed E-state index contributed by atoms with van der Waals surface area (Å²) in [6, 6.07) is -3.07. The largest absolute Gasteiger partial charge is 0.508 e. The van der Waals surface area contributed by atoms with Crippen molar-refractivity contribution in [3.05, 3.63) is 102 Å². The van der Waals surface area contributed by atoms with Crippen LogP contribution in [0, 0.1) is 5.92 Å². The van der Waals surface area contributed by atoms with Crippen molar-refractivity contribution in [1.82, 2.24) is 87.6 Å². The van der Waals surface area contributed by atoms with Gasteiger partial charge in [-0.1, -0.05) is 102 Å². The first kappa shape index (κ1) is 104. The van der Waals surface area contributed by atoms with E-state index in [-0.39, 0.29) is 83.0 Å². The zero-order valence-corrected chi connectivity index (χ0v) is 75.5. The fourth-order valence-electron chi connectivity index (χ4n) is 16.1. The van der Waals surface area contributed by atoms with Crippen molar-refractivity contribution in [2.45, 2.75) is 234 Å². The maximum Gasteiger partial charge on any atom is 0.305 e. The van der Waals surface area contributed by atoms with Crippen LogP contribution < -0.4 is 64.6 Å². The van der Waals surface area contributed by atoms with Gasteiger partial charge in [-0.2, -0.15) is 0 Å². The molecule has 0 spiro atoms. The van der Waals surface area contributed by atoms with Gasteiger partial charge in [0.2, 0.25) is 94.5 Å². The number of aromatic nitrogens is 2. The van der Waals surface area contributed by atoms with Gasteiger partial charge in [-0.05, 0) is 105 Å². The van der Waals surface area contributed by atoms with Crippen LogP contribution >= 0.6 is 11.8 Å². The van der Waals surface area contributed by atoms with Gasteiger partial charge in [0.25, 0.3) is 0 Å².